The lowest BCUT2D eigenvalue weighted by molar-refractivity contribution is 0.0595. The number of ether oxygens (including phenoxy) is 2. The lowest BCUT2D eigenvalue weighted by Gasteiger charge is -2.12. The quantitative estimate of drug-likeness (QED) is 0.597. The van der Waals surface area contributed by atoms with Crippen LogP contribution in [0.3, 0.4) is 0 Å². The fourth-order valence-corrected chi connectivity index (χ4v) is 2.23. The van der Waals surface area contributed by atoms with E-state index in [2.05, 4.69) is 15.9 Å². The fourth-order valence-electron chi connectivity index (χ4n) is 1.79. The van der Waals surface area contributed by atoms with Crippen molar-refractivity contribution in [3.63, 3.8) is 0 Å². The number of carbonyl (C=O) groups excluding carboxylic acids is 2. The van der Waals surface area contributed by atoms with Gasteiger partial charge in [0, 0.05) is 10.0 Å². The van der Waals surface area contributed by atoms with E-state index >= 15 is 0 Å². The second kappa shape index (κ2) is 7.17. The number of benzene rings is 2. The summed E-state index contributed by atoms with van der Waals surface area (Å²) in [5.41, 5.74) is 1.27. The van der Waals surface area contributed by atoms with Crippen molar-refractivity contribution < 1.29 is 23.5 Å². The molecule has 0 spiro atoms. The third-order valence-corrected chi connectivity index (χ3v) is 3.63. The molecule has 0 amide bonds. The number of esters is 1. The Morgan fingerprint density at radius 1 is 1.27 bits per heavy atom. The Labute approximate surface area is 135 Å². The molecule has 0 aliphatic carbocycles. The third-order valence-electron chi connectivity index (χ3n) is 2.94. The first-order valence-corrected chi connectivity index (χ1v) is 7.08. The summed E-state index contributed by atoms with van der Waals surface area (Å²) in [6, 6.07) is 8.71. The maximum absolute atomic E-state index is 12.9. The standard InChI is InChI=1S/C16H12BrFO4/c1-21-16(20)13-7-14(17)11(8-19)6-15(13)22-9-10-2-4-12(18)5-3-10/h2-8H,9H2,1H3. The van der Waals surface area contributed by atoms with Crippen LogP contribution in [0.4, 0.5) is 4.39 Å². The number of halogens is 2. The average Bonchev–Trinajstić information content (AvgIpc) is 2.54. The zero-order chi connectivity index (χ0) is 16.1. The molecule has 0 atom stereocenters. The van der Waals surface area contributed by atoms with Gasteiger partial charge in [-0.3, -0.25) is 4.79 Å². The minimum absolute atomic E-state index is 0.129. The van der Waals surface area contributed by atoms with Gasteiger partial charge in [0.1, 0.15) is 23.7 Å². The maximum atomic E-state index is 12.9. The molecule has 0 saturated carbocycles. The second-order valence-corrected chi connectivity index (χ2v) is 5.25. The Morgan fingerprint density at radius 2 is 1.95 bits per heavy atom. The Morgan fingerprint density at radius 3 is 2.55 bits per heavy atom. The summed E-state index contributed by atoms with van der Waals surface area (Å²) in [4.78, 5) is 22.8. The highest BCUT2D eigenvalue weighted by molar-refractivity contribution is 9.10. The van der Waals surface area contributed by atoms with E-state index in [1.807, 2.05) is 0 Å². The zero-order valence-electron chi connectivity index (χ0n) is 11.6. The summed E-state index contributed by atoms with van der Waals surface area (Å²) >= 11 is 3.21. The Bertz CT molecular complexity index is 698. The number of aldehydes is 1. The first-order chi connectivity index (χ1) is 10.5. The molecule has 0 bridgehead atoms. The van der Waals surface area contributed by atoms with Gasteiger partial charge in [0.05, 0.1) is 7.11 Å². The van der Waals surface area contributed by atoms with E-state index in [0.29, 0.717) is 16.3 Å². The Hall–Kier alpha value is -2.21. The van der Waals surface area contributed by atoms with E-state index in [9.17, 15) is 14.0 Å². The van der Waals surface area contributed by atoms with Crippen LogP contribution in [0.5, 0.6) is 5.75 Å². The van der Waals surface area contributed by atoms with Gasteiger partial charge < -0.3 is 9.47 Å². The lowest BCUT2D eigenvalue weighted by Crippen LogP contribution is -2.07. The molecule has 0 aromatic heterocycles. The van der Waals surface area contributed by atoms with Gasteiger partial charge in [0.2, 0.25) is 0 Å². The van der Waals surface area contributed by atoms with Crippen LogP contribution in [0.15, 0.2) is 40.9 Å². The van der Waals surface area contributed by atoms with E-state index < -0.39 is 5.97 Å². The molecule has 6 heteroatoms. The topological polar surface area (TPSA) is 52.6 Å². The molecular weight excluding hydrogens is 355 g/mol. The number of hydrogen-bond donors (Lipinski definition) is 0. The highest BCUT2D eigenvalue weighted by atomic mass is 79.9. The molecule has 2 aromatic rings. The zero-order valence-corrected chi connectivity index (χ0v) is 13.2. The molecule has 2 rings (SSSR count). The number of rotatable bonds is 5. The molecule has 0 unspecified atom stereocenters. The van der Waals surface area contributed by atoms with E-state index in [1.54, 1.807) is 12.1 Å². The molecule has 0 aliphatic heterocycles. The molecule has 0 saturated heterocycles. The number of hydrogen-bond acceptors (Lipinski definition) is 4. The average molecular weight is 367 g/mol. The van der Waals surface area contributed by atoms with Gasteiger partial charge in [-0.25, -0.2) is 9.18 Å². The Kier molecular flexibility index (Phi) is 5.27. The van der Waals surface area contributed by atoms with Crippen LogP contribution in [-0.4, -0.2) is 19.4 Å². The smallest absolute Gasteiger partial charge is 0.341 e. The van der Waals surface area contributed by atoms with Crippen LogP contribution in [0.25, 0.3) is 0 Å². The van der Waals surface area contributed by atoms with Crippen LogP contribution in [0.1, 0.15) is 26.3 Å². The first kappa shape index (κ1) is 16.2. The van der Waals surface area contributed by atoms with Crippen molar-refractivity contribution >= 4 is 28.2 Å². The van der Waals surface area contributed by atoms with Crippen molar-refractivity contribution in [2.24, 2.45) is 0 Å². The van der Waals surface area contributed by atoms with Crippen molar-refractivity contribution in [3.05, 3.63) is 63.4 Å². The van der Waals surface area contributed by atoms with Gasteiger partial charge in [-0.2, -0.15) is 0 Å². The molecule has 114 valence electrons. The fraction of sp³-hybridized carbons (Fsp3) is 0.125. The molecule has 0 N–H and O–H groups in total. The SMILES string of the molecule is COC(=O)c1cc(Br)c(C=O)cc1OCc1ccc(F)cc1. The molecule has 0 radical (unpaired) electrons. The molecule has 22 heavy (non-hydrogen) atoms. The summed E-state index contributed by atoms with van der Waals surface area (Å²) in [7, 11) is 1.26. The van der Waals surface area contributed by atoms with E-state index in [1.165, 1.54) is 31.4 Å². The van der Waals surface area contributed by atoms with Gasteiger partial charge in [-0.15, -0.1) is 0 Å². The van der Waals surface area contributed by atoms with E-state index in [4.69, 9.17) is 9.47 Å². The summed E-state index contributed by atoms with van der Waals surface area (Å²) in [6.07, 6.45) is 0.649. The summed E-state index contributed by atoms with van der Waals surface area (Å²) in [5, 5.41) is 0. The highest BCUT2D eigenvalue weighted by Crippen LogP contribution is 2.28. The van der Waals surface area contributed by atoms with Crippen LogP contribution in [0.2, 0.25) is 0 Å². The summed E-state index contributed by atoms with van der Waals surface area (Å²) in [6.45, 7) is 0.129. The molecule has 0 aliphatic rings. The summed E-state index contributed by atoms with van der Waals surface area (Å²) in [5.74, 6) is -0.695. The van der Waals surface area contributed by atoms with Crippen molar-refractivity contribution in [2.75, 3.05) is 7.11 Å². The van der Waals surface area contributed by atoms with Gasteiger partial charge in [0.15, 0.2) is 6.29 Å². The van der Waals surface area contributed by atoms with Crippen LogP contribution < -0.4 is 4.74 Å². The minimum atomic E-state index is -0.577. The van der Waals surface area contributed by atoms with Gasteiger partial charge in [-0.05, 0) is 29.8 Å². The van der Waals surface area contributed by atoms with Crippen molar-refractivity contribution in [1.82, 2.24) is 0 Å². The molecule has 0 fully saturated rings. The highest BCUT2D eigenvalue weighted by Gasteiger charge is 2.16. The third kappa shape index (κ3) is 3.71. The molecule has 0 heterocycles. The molecule has 2 aromatic carbocycles. The van der Waals surface area contributed by atoms with Gasteiger partial charge >= 0.3 is 5.97 Å². The maximum Gasteiger partial charge on any atom is 0.341 e. The minimum Gasteiger partial charge on any atom is -0.488 e. The van der Waals surface area contributed by atoms with Crippen LogP contribution in [-0.2, 0) is 11.3 Å². The molecule has 4 nitrogen and oxygen atoms in total. The van der Waals surface area contributed by atoms with Crippen molar-refractivity contribution in [1.29, 1.82) is 0 Å². The van der Waals surface area contributed by atoms with E-state index in [0.717, 1.165) is 5.56 Å². The number of methoxy groups -OCH3 is 1. The first-order valence-electron chi connectivity index (χ1n) is 6.29. The van der Waals surface area contributed by atoms with Gasteiger partial charge in [-0.1, -0.05) is 28.1 Å². The normalized spacial score (nSPS) is 10.1. The number of carbonyl (C=O) groups is 2. The second-order valence-electron chi connectivity index (χ2n) is 4.39. The molecular formula is C16H12BrFO4. The van der Waals surface area contributed by atoms with E-state index in [-0.39, 0.29) is 23.7 Å². The predicted molar refractivity (Wildman–Crippen MR) is 81.6 cm³/mol. The Balaban J connectivity index is 2.29. The monoisotopic (exact) mass is 366 g/mol. The lowest BCUT2D eigenvalue weighted by atomic mass is 10.1. The van der Waals surface area contributed by atoms with Crippen LogP contribution in [0, 0.1) is 5.82 Å². The summed E-state index contributed by atoms with van der Waals surface area (Å²) < 4.78 is 23.6. The largest absolute Gasteiger partial charge is 0.488 e. The predicted octanol–water partition coefficient (Wildman–Crippen LogP) is 3.77. The van der Waals surface area contributed by atoms with Crippen molar-refractivity contribution in [3.8, 4) is 5.75 Å². The van der Waals surface area contributed by atoms with Gasteiger partial charge in [0.25, 0.3) is 0 Å². The van der Waals surface area contributed by atoms with Crippen molar-refractivity contribution in [2.45, 2.75) is 6.61 Å². The van der Waals surface area contributed by atoms with Crippen LogP contribution >= 0.6 is 15.9 Å².